The van der Waals surface area contributed by atoms with Crippen LogP contribution in [0.2, 0.25) is 0 Å². The highest BCUT2D eigenvalue weighted by molar-refractivity contribution is 7.43. The number of phosphoric ester groups is 1. The molecule has 5 atom stereocenters. The first-order chi connectivity index (χ1) is 7.22. The lowest BCUT2D eigenvalue weighted by Gasteiger charge is -2.38. The van der Waals surface area contributed by atoms with Crippen LogP contribution in [0.5, 0.6) is 0 Å². The molecule has 0 radical (unpaired) electrons. The second kappa shape index (κ2) is 5.05. The van der Waals surface area contributed by atoms with E-state index in [0.29, 0.717) is 0 Å². The summed E-state index contributed by atoms with van der Waals surface area (Å²) in [6, 6.07) is -0.974. The van der Waals surface area contributed by atoms with Crippen molar-refractivity contribution >= 4 is 7.82 Å². The number of phosphoric acid groups is 1. The van der Waals surface area contributed by atoms with Gasteiger partial charge in [-0.3, -0.25) is 0 Å². The first-order valence-electron chi connectivity index (χ1n) is 4.41. The average molecular weight is 258 g/mol. The minimum absolute atomic E-state index is 0.772. The van der Waals surface area contributed by atoms with Gasteiger partial charge in [-0.15, -0.1) is 0 Å². The normalized spacial score (nSPS) is 41.0. The van der Waals surface area contributed by atoms with Crippen LogP contribution in [0.15, 0.2) is 0 Å². The van der Waals surface area contributed by atoms with E-state index >= 15 is 0 Å². The number of aliphatic hydroxyl groups excluding tert-OH is 3. The molecule has 0 unspecified atom stereocenters. The monoisotopic (exact) mass is 258 g/mol. The van der Waals surface area contributed by atoms with Crippen LogP contribution >= 0.6 is 7.82 Å². The van der Waals surface area contributed by atoms with Crippen molar-refractivity contribution in [2.75, 3.05) is 6.61 Å². The third-order valence-electron chi connectivity index (χ3n) is 2.25. The zero-order valence-corrected chi connectivity index (χ0v) is 9.03. The first-order valence-corrected chi connectivity index (χ1v) is 5.88. The van der Waals surface area contributed by atoms with E-state index in [2.05, 4.69) is 10.3 Å². The molecule has 0 aromatic heterocycles. The zero-order chi connectivity index (χ0) is 12.5. The molecule has 0 amide bonds. The lowest BCUT2D eigenvalue weighted by Crippen LogP contribution is -2.77. The summed E-state index contributed by atoms with van der Waals surface area (Å²) in [5, 5.41) is 28.0. The van der Waals surface area contributed by atoms with Crippen LogP contribution < -0.4 is 15.5 Å². The molecule has 1 saturated heterocycles. The quantitative estimate of drug-likeness (QED) is 0.364. The lowest BCUT2D eigenvalue weighted by molar-refractivity contribution is -0.498. The summed E-state index contributed by atoms with van der Waals surface area (Å²) in [5.41, 5.74) is 3.35. The largest absolute Gasteiger partial charge is 0.790 e. The molecule has 0 aromatic rings. The van der Waals surface area contributed by atoms with Gasteiger partial charge < -0.3 is 44.7 Å². The molecular formula is C6H13NO8P-. The fourth-order valence-electron chi connectivity index (χ4n) is 1.30. The Hall–Kier alpha value is -0.0900. The molecule has 0 aliphatic carbocycles. The van der Waals surface area contributed by atoms with Gasteiger partial charge in [-0.05, 0) is 0 Å². The highest BCUT2D eigenvalue weighted by Crippen LogP contribution is 2.27. The first kappa shape index (κ1) is 14.0. The number of quaternary nitrogens is 1. The average Bonchev–Trinajstić information content (AvgIpc) is 2.17. The highest BCUT2D eigenvalue weighted by Gasteiger charge is 2.44. The Morgan fingerprint density at radius 3 is 2.38 bits per heavy atom. The SMILES string of the molecule is [NH3+][C@@H]1[C@@H](O)[C@@H](O)[C@@H](COP(=O)([O-])[O-])O[C@H]1O. The smallest absolute Gasteiger partial charge is 0.211 e. The van der Waals surface area contributed by atoms with E-state index in [1.807, 2.05) is 0 Å². The van der Waals surface area contributed by atoms with E-state index in [0.717, 1.165) is 0 Å². The van der Waals surface area contributed by atoms with Crippen LogP contribution in [0, 0.1) is 0 Å². The molecule has 0 aromatic carbocycles. The Balaban J connectivity index is 2.57. The van der Waals surface area contributed by atoms with Gasteiger partial charge in [-0.25, -0.2) is 0 Å². The van der Waals surface area contributed by atoms with Crippen LogP contribution in [0.3, 0.4) is 0 Å². The van der Waals surface area contributed by atoms with Crippen molar-refractivity contribution in [1.29, 1.82) is 0 Å². The van der Waals surface area contributed by atoms with Crippen molar-refractivity contribution < 1.29 is 44.7 Å². The minimum atomic E-state index is -5.18. The molecule has 0 saturated carbocycles. The van der Waals surface area contributed by atoms with Crippen LogP contribution in [-0.2, 0) is 13.8 Å². The van der Waals surface area contributed by atoms with E-state index < -0.39 is 45.1 Å². The van der Waals surface area contributed by atoms with E-state index in [1.165, 1.54) is 0 Å². The molecule has 1 aliphatic rings. The molecule has 6 N–H and O–H groups in total. The van der Waals surface area contributed by atoms with Gasteiger partial charge in [0.2, 0.25) is 6.29 Å². The topological polar surface area (TPSA) is 170 Å². The third-order valence-corrected chi connectivity index (χ3v) is 2.71. The Bertz CT molecular complexity index is 282. The Morgan fingerprint density at radius 2 is 1.88 bits per heavy atom. The maximum Gasteiger partial charge on any atom is 0.211 e. The fourth-order valence-corrected chi connectivity index (χ4v) is 1.63. The molecule has 1 fully saturated rings. The van der Waals surface area contributed by atoms with Gasteiger partial charge in [0.1, 0.15) is 18.3 Å². The Labute approximate surface area is 90.6 Å². The van der Waals surface area contributed by atoms with Gasteiger partial charge in [0.05, 0.1) is 14.4 Å². The summed E-state index contributed by atoms with van der Waals surface area (Å²) in [4.78, 5) is 20.4. The van der Waals surface area contributed by atoms with Gasteiger partial charge >= 0.3 is 0 Å². The van der Waals surface area contributed by atoms with E-state index in [1.54, 1.807) is 0 Å². The predicted molar refractivity (Wildman–Crippen MR) is 43.1 cm³/mol. The van der Waals surface area contributed by atoms with Gasteiger partial charge in [0, 0.05) is 0 Å². The maximum absolute atomic E-state index is 10.2. The summed E-state index contributed by atoms with van der Waals surface area (Å²) < 4.78 is 18.8. The predicted octanol–water partition coefficient (Wildman–Crippen LogP) is -5.12. The van der Waals surface area contributed by atoms with Crippen molar-refractivity contribution in [3.63, 3.8) is 0 Å². The van der Waals surface area contributed by atoms with E-state index in [-0.39, 0.29) is 0 Å². The number of ether oxygens (including phenoxy) is 1. The lowest BCUT2D eigenvalue weighted by atomic mass is 9.98. The van der Waals surface area contributed by atoms with Crippen molar-refractivity contribution in [3.8, 4) is 0 Å². The summed E-state index contributed by atoms with van der Waals surface area (Å²) >= 11 is 0. The standard InChI is InChI=1S/C6H14NO8P/c7-3-5(9)4(8)2(15-6(3)10)1-14-16(11,12)13/h2-6,8-10H,1,7H2,(H2,11,12,13)/p-1/t2-,3-,4+,5-,6-/m1/s1. The van der Waals surface area contributed by atoms with Gasteiger partial charge in [-0.2, -0.15) is 0 Å². The Kier molecular flexibility index (Phi) is 4.41. The second-order valence-corrected chi connectivity index (χ2v) is 4.61. The van der Waals surface area contributed by atoms with Gasteiger partial charge in [-0.1, -0.05) is 0 Å². The number of rotatable bonds is 3. The molecule has 16 heavy (non-hydrogen) atoms. The molecule has 96 valence electrons. The van der Waals surface area contributed by atoms with Crippen molar-refractivity contribution in [2.45, 2.75) is 30.6 Å². The fraction of sp³-hybridized carbons (Fsp3) is 1.00. The van der Waals surface area contributed by atoms with Crippen LogP contribution in [0.25, 0.3) is 0 Å². The van der Waals surface area contributed by atoms with Gasteiger partial charge in [0.25, 0.3) is 0 Å². The summed E-state index contributed by atoms with van der Waals surface area (Å²) in [6.07, 6.45) is -5.66. The summed E-state index contributed by atoms with van der Waals surface area (Å²) in [5.74, 6) is 0. The van der Waals surface area contributed by atoms with Crippen LogP contribution in [0.4, 0.5) is 0 Å². The molecule has 0 spiro atoms. The minimum Gasteiger partial charge on any atom is -0.790 e. The number of aliphatic hydroxyl groups is 3. The van der Waals surface area contributed by atoms with E-state index in [9.17, 15) is 29.7 Å². The van der Waals surface area contributed by atoms with Crippen LogP contribution in [-0.4, -0.2) is 52.6 Å². The molecule has 1 aliphatic heterocycles. The molecule has 9 nitrogen and oxygen atoms in total. The van der Waals surface area contributed by atoms with Crippen molar-refractivity contribution in [1.82, 2.24) is 0 Å². The summed E-state index contributed by atoms with van der Waals surface area (Å²) in [6.45, 7) is -0.772. The van der Waals surface area contributed by atoms with E-state index in [4.69, 9.17) is 4.74 Å². The van der Waals surface area contributed by atoms with Crippen molar-refractivity contribution in [2.24, 2.45) is 0 Å². The van der Waals surface area contributed by atoms with Gasteiger partial charge in [0.15, 0.2) is 6.04 Å². The Morgan fingerprint density at radius 1 is 1.31 bits per heavy atom. The molecular weight excluding hydrogens is 245 g/mol. The highest BCUT2D eigenvalue weighted by atomic mass is 31.2. The zero-order valence-electron chi connectivity index (χ0n) is 8.13. The molecule has 1 rings (SSSR count). The summed E-state index contributed by atoms with van der Waals surface area (Å²) in [7, 11) is -5.18. The maximum atomic E-state index is 10.2. The van der Waals surface area contributed by atoms with Crippen molar-refractivity contribution in [3.05, 3.63) is 0 Å². The number of hydrogen-bond donors (Lipinski definition) is 4. The number of hydrogen-bond acceptors (Lipinski definition) is 8. The van der Waals surface area contributed by atoms with Crippen LogP contribution in [0.1, 0.15) is 0 Å². The molecule has 1 heterocycles. The molecule has 0 bridgehead atoms. The second-order valence-electron chi connectivity index (χ2n) is 3.45. The molecule has 10 heteroatoms. The third kappa shape index (κ3) is 3.45.